The zero-order chi connectivity index (χ0) is 22.9. The van der Waals surface area contributed by atoms with Gasteiger partial charge in [-0.1, -0.05) is 102 Å². The van der Waals surface area contributed by atoms with Crippen LogP contribution in [0.1, 0.15) is 11.1 Å². The summed E-state index contributed by atoms with van der Waals surface area (Å²) < 4.78 is 5.30. The Hall–Kier alpha value is -4.04. The molecule has 3 aromatic carbocycles. The van der Waals surface area contributed by atoms with Crippen LogP contribution in [0.15, 0.2) is 91.0 Å². The molecule has 0 bridgehead atoms. The zero-order valence-corrected chi connectivity index (χ0v) is 18.5. The Labute approximate surface area is 195 Å². The maximum Gasteiger partial charge on any atom is 0.408 e. The van der Waals surface area contributed by atoms with Gasteiger partial charge in [0.05, 0.1) is 0 Å². The molecule has 1 unspecified atom stereocenters. The standard InChI is InChI=1S/C25H22N4O3S/c30-22(27-24-29-28-23(33-24)20-14-8-3-9-15-20)21(16-18-10-4-1-5-11-18)26-25(31)32-17-19-12-6-2-7-13-19/h1-15,21H,16-17H2,(H,26,31)(H,27,29,30). The number of nitrogens with zero attached hydrogens (tertiary/aromatic N) is 2. The number of nitrogens with one attached hydrogen (secondary N) is 2. The molecular weight excluding hydrogens is 436 g/mol. The summed E-state index contributed by atoms with van der Waals surface area (Å²) >= 11 is 1.27. The maximum atomic E-state index is 13.0. The summed E-state index contributed by atoms with van der Waals surface area (Å²) in [6, 6.07) is 27.6. The van der Waals surface area contributed by atoms with E-state index in [0.717, 1.165) is 16.7 Å². The van der Waals surface area contributed by atoms with E-state index in [1.807, 2.05) is 91.0 Å². The van der Waals surface area contributed by atoms with Gasteiger partial charge in [-0.15, -0.1) is 10.2 Å². The third-order valence-corrected chi connectivity index (χ3v) is 5.67. The van der Waals surface area contributed by atoms with Gasteiger partial charge in [0.2, 0.25) is 11.0 Å². The average molecular weight is 459 g/mol. The molecule has 4 rings (SSSR count). The van der Waals surface area contributed by atoms with E-state index in [1.165, 1.54) is 11.3 Å². The molecule has 7 nitrogen and oxygen atoms in total. The molecule has 0 fully saturated rings. The Morgan fingerprint density at radius 1 is 0.818 bits per heavy atom. The van der Waals surface area contributed by atoms with Crippen LogP contribution in [-0.4, -0.2) is 28.2 Å². The molecule has 0 aliphatic carbocycles. The molecule has 8 heteroatoms. The summed E-state index contributed by atoms with van der Waals surface area (Å²) in [4.78, 5) is 25.5. The highest BCUT2D eigenvalue weighted by molar-refractivity contribution is 7.18. The van der Waals surface area contributed by atoms with Crippen molar-refractivity contribution < 1.29 is 14.3 Å². The zero-order valence-electron chi connectivity index (χ0n) is 17.7. The number of hydrogen-bond donors (Lipinski definition) is 2. The third kappa shape index (κ3) is 6.47. The van der Waals surface area contributed by atoms with E-state index in [2.05, 4.69) is 20.8 Å². The molecule has 166 valence electrons. The normalized spacial score (nSPS) is 11.4. The fourth-order valence-electron chi connectivity index (χ4n) is 3.13. The number of amides is 2. The van der Waals surface area contributed by atoms with E-state index in [9.17, 15) is 9.59 Å². The summed E-state index contributed by atoms with van der Waals surface area (Å²) in [6.45, 7) is 0.114. The lowest BCUT2D eigenvalue weighted by atomic mass is 10.1. The summed E-state index contributed by atoms with van der Waals surface area (Å²) in [5.74, 6) is -0.397. The van der Waals surface area contributed by atoms with Crippen molar-refractivity contribution in [1.82, 2.24) is 15.5 Å². The van der Waals surface area contributed by atoms with Crippen LogP contribution >= 0.6 is 11.3 Å². The van der Waals surface area contributed by atoms with Gasteiger partial charge in [-0.3, -0.25) is 10.1 Å². The molecule has 0 spiro atoms. The van der Waals surface area contributed by atoms with Gasteiger partial charge in [-0.2, -0.15) is 0 Å². The summed E-state index contributed by atoms with van der Waals surface area (Å²) in [5.41, 5.74) is 2.68. The minimum atomic E-state index is -0.847. The number of benzene rings is 3. The van der Waals surface area contributed by atoms with Gasteiger partial charge < -0.3 is 10.1 Å². The number of carbonyl (C=O) groups is 2. The van der Waals surface area contributed by atoms with Crippen molar-refractivity contribution in [3.8, 4) is 10.6 Å². The van der Waals surface area contributed by atoms with Gasteiger partial charge in [0.15, 0.2) is 0 Å². The first-order chi connectivity index (χ1) is 16.2. The smallest absolute Gasteiger partial charge is 0.408 e. The van der Waals surface area contributed by atoms with Crippen LogP contribution in [0, 0.1) is 0 Å². The molecule has 2 amide bonds. The lowest BCUT2D eigenvalue weighted by molar-refractivity contribution is -0.118. The predicted octanol–water partition coefficient (Wildman–Crippen LogP) is 4.68. The van der Waals surface area contributed by atoms with Crippen molar-refractivity contribution in [2.75, 3.05) is 5.32 Å². The number of hydrogen-bond acceptors (Lipinski definition) is 6. The third-order valence-electron chi connectivity index (χ3n) is 4.78. The minimum absolute atomic E-state index is 0.114. The molecule has 4 aromatic rings. The number of aromatic nitrogens is 2. The maximum absolute atomic E-state index is 13.0. The number of ether oxygens (including phenoxy) is 1. The molecular formula is C25H22N4O3S. The predicted molar refractivity (Wildman–Crippen MR) is 128 cm³/mol. The SMILES string of the molecule is O=C(NC(Cc1ccccc1)C(=O)Nc1nnc(-c2ccccc2)s1)OCc1ccccc1. The molecule has 0 saturated heterocycles. The van der Waals surface area contributed by atoms with Crippen LogP contribution in [0.4, 0.5) is 9.93 Å². The second-order valence-corrected chi connectivity index (χ2v) is 8.19. The number of anilines is 1. The van der Waals surface area contributed by atoms with E-state index in [-0.39, 0.29) is 6.61 Å². The Morgan fingerprint density at radius 3 is 2.09 bits per heavy atom. The largest absolute Gasteiger partial charge is 0.445 e. The molecule has 0 radical (unpaired) electrons. The van der Waals surface area contributed by atoms with Crippen LogP contribution in [0.25, 0.3) is 10.6 Å². The number of rotatable bonds is 8. The first-order valence-electron chi connectivity index (χ1n) is 10.4. The lowest BCUT2D eigenvalue weighted by Crippen LogP contribution is -2.45. The fraction of sp³-hybridized carbons (Fsp3) is 0.120. The molecule has 0 saturated carbocycles. The summed E-state index contributed by atoms with van der Waals surface area (Å²) in [5, 5.41) is 14.7. The van der Waals surface area contributed by atoms with Gasteiger partial charge in [-0.05, 0) is 11.1 Å². The fourth-order valence-corrected chi connectivity index (χ4v) is 3.88. The first kappa shape index (κ1) is 22.2. The van der Waals surface area contributed by atoms with Gasteiger partial charge in [0, 0.05) is 12.0 Å². The van der Waals surface area contributed by atoms with E-state index in [1.54, 1.807) is 0 Å². The molecule has 0 aliphatic rings. The van der Waals surface area contributed by atoms with Crippen molar-refractivity contribution in [3.63, 3.8) is 0 Å². The van der Waals surface area contributed by atoms with E-state index in [0.29, 0.717) is 16.6 Å². The van der Waals surface area contributed by atoms with Crippen LogP contribution in [0.2, 0.25) is 0 Å². The Morgan fingerprint density at radius 2 is 1.42 bits per heavy atom. The van der Waals surface area contributed by atoms with Crippen LogP contribution in [0.5, 0.6) is 0 Å². The molecule has 2 N–H and O–H groups in total. The summed E-state index contributed by atoms with van der Waals surface area (Å²) in [7, 11) is 0. The first-order valence-corrected chi connectivity index (χ1v) is 11.2. The van der Waals surface area contributed by atoms with Crippen molar-refractivity contribution in [1.29, 1.82) is 0 Å². The van der Waals surface area contributed by atoms with Gasteiger partial charge in [-0.25, -0.2) is 4.79 Å². The van der Waals surface area contributed by atoms with Gasteiger partial charge in [0.1, 0.15) is 17.7 Å². The van der Waals surface area contributed by atoms with Gasteiger partial charge in [0.25, 0.3) is 0 Å². The Kier molecular flexibility index (Phi) is 7.40. The monoisotopic (exact) mass is 458 g/mol. The van der Waals surface area contributed by atoms with Crippen molar-refractivity contribution in [3.05, 3.63) is 102 Å². The lowest BCUT2D eigenvalue weighted by Gasteiger charge is -2.17. The second kappa shape index (κ2) is 11.0. The molecule has 33 heavy (non-hydrogen) atoms. The second-order valence-electron chi connectivity index (χ2n) is 7.22. The molecule has 1 heterocycles. The Balaban J connectivity index is 1.42. The Bertz CT molecular complexity index is 1180. The highest BCUT2D eigenvalue weighted by Gasteiger charge is 2.23. The molecule has 1 atom stereocenters. The molecule has 0 aliphatic heterocycles. The van der Waals surface area contributed by atoms with E-state index < -0.39 is 18.0 Å². The van der Waals surface area contributed by atoms with Crippen LogP contribution in [0.3, 0.4) is 0 Å². The highest BCUT2D eigenvalue weighted by Crippen LogP contribution is 2.26. The summed E-state index contributed by atoms with van der Waals surface area (Å²) in [6.07, 6.45) is -0.366. The quantitative estimate of drug-likeness (QED) is 0.400. The minimum Gasteiger partial charge on any atom is -0.445 e. The van der Waals surface area contributed by atoms with Crippen LogP contribution < -0.4 is 10.6 Å². The average Bonchev–Trinajstić information content (AvgIpc) is 3.33. The van der Waals surface area contributed by atoms with Crippen molar-refractivity contribution >= 4 is 28.5 Å². The topological polar surface area (TPSA) is 93.2 Å². The number of carbonyl (C=O) groups excluding carboxylic acids is 2. The highest BCUT2D eigenvalue weighted by atomic mass is 32.1. The van der Waals surface area contributed by atoms with Crippen LogP contribution in [-0.2, 0) is 22.6 Å². The van der Waals surface area contributed by atoms with E-state index in [4.69, 9.17) is 4.74 Å². The number of alkyl carbamates (subject to hydrolysis) is 1. The molecule has 1 aromatic heterocycles. The van der Waals surface area contributed by atoms with Crippen molar-refractivity contribution in [2.24, 2.45) is 0 Å². The van der Waals surface area contributed by atoms with E-state index >= 15 is 0 Å². The van der Waals surface area contributed by atoms with Gasteiger partial charge >= 0.3 is 6.09 Å². The van der Waals surface area contributed by atoms with Crippen molar-refractivity contribution in [2.45, 2.75) is 19.1 Å².